The van der Waals surface area contributed by atoms with Gasteiger partial charge in [-0.1, -0.05) is 38.8 Å². The fourth-order valence-corrected chi connectivity index (χ4v) is 8.67. The first-order valence-electron chi connectivity index (χ1n) is 13.4. The Kier molecular flexibility index (Phi) is 5.92. The van der Waals surface area contributed by atoms with Crippen LogP contribution in [0.15, 0.2) is 35.9 Å². The molecule has 0 bridgehead atoms. The topological polar surface area (TPSA) is 86.5 Å². The van der Waals surface area contributed by atoms with Crippen LogP contribution in [0.5, 0.6) is 0 Å². The lowest BCUT2D eigenvalue weighted by Crippen LogP contribution is -2.56. The maximum Gasteiger partial charge on any atom is 0.338 e. The van der Waals surface area contributed by atoms with Gasteiger partial charge in [-0.25, -0.2) is 4.79 Å². The number of nitro benzene ring substituents is 1. The third kappa shape index (κ3) is 3.66. The minimum atomic E-state index is -0.543. The van der Waals surface area contributed by atoms with E-state index in [1.807, 2.05) is 6.08 Å². The molecule has 0 aromatic heterocycles. The number of hydrogen-bond donors (Lipinski definition) is 0. The van der Waals surface area contributed by atoms with E-state index in [1.165, 1.54) is 17.7 Å². The third-order valence-corrected chi connectivity index (χ3v) is 10.5. The highest BCUT2D eigenvalue weighted by atomic mass is 16.6. The number of non-ortho nitro benzene ring substituents is 1. The van der Waals surface area contributed by atoms with Crippen molar-refractivity contribution in [3.63, 3.8) is 0 Å². The van der Waals surface area contributed by atoms with Crippen LogP contribution < -0.4 is 0 Å². The first kappa shape index (κ1) is 24.2. The zero-order valence-corrected chi connectivity index (χ0v) is 21.2. The molecule has 0 spiro atoms. The Morgan fingerprint density at radius 3 is 2.63 bits per heavy atom. The summed E-state index contributed by atoms with van der Waals surface area (Å²) >= 11 is 0. The average molecular weight is 480 g/mol. The number of nitrogens with zero attached hydrogens (tertiary/aromatic N) is 1. The number of hydrogen-bond acceptors (Lipinski definition) is 5. The van der Waals surface area contributed by atoms with Gasteiger partial charge in [-0.05, 0) is 86.7 Å². The van der Waals surface area contributed by atoms with Crippen LogP contribution in [0.2, 0.25) is 0 Å². The smallest absolute Gasteiger partial charge is 0.338 e. The third-order valence-electron chi connectivity index (χ3n) is 10.5. The molecule has 4 aliphatic carbocycles. The van der Waals surface area contributed by atoms with Crippen molar-refractivity contribution in [2.24, 2.45) is 28.6 Å². The van der Waals surface area contributed by atoms with Crippen molar-refractivity contribution in [2.45, 2.75) is 90.6 Å². The quantitative estimate of drug-likeness (QED) is 0.263. The normalized spacial score (nSPS) is 38.1. The van der Waals surface area contributed by atoms with Crippen LogP contribution in [0.25, 0.3) is 0 Å². The molecule has 0 heterocycles. The Labute approximate surface area is 207 Å². The van der Waals surface area contributed by atoms with E-state index < -0.39 is 16.5 Å². The molecule has 6 nitrogen and oxygen atoms in total. The van der Waals surface area contributed by atoms with Gasteiger partial charge in [0.2, 0.25) is 0 Å². The predicted molar refractivity (Wildman–Crippen MR) is 133 cm³/mol. The van der Waals surface area contributed by atoms with E-state index in [-0.39, 0.29) is 27.9 Å². The van der Waals surface area contributed by atoms with Crippen LogP contribution in [0, 0.1) is 38.7 Å². The summed E-state index contributed by atoms with van der Waals surface area (Å²) in [6, 6.07) is 5.89. The van der Waals surface area contributed by atoms with Crippen LogP contribution in [0.4, 0.5) is 5.69 Å². The summed E-state index contributed by atoms with van der Waals surface area (Å²) in [7, 11) is 0. The van der Waals surface area contributed by atoms with Gasteiger partial charge in [0.25, 0.3) is 5.69 Å². The van der Waals surface area contributed by atoms with E-state index in [1.54, 1.807) is 12.1 Å². The van der Waals surface area contributed by atoms with Gasteiger partial charge in [-0.2, -0.15) is 0 Å². The van der Waals surface area contributed by atoms with Gasteiger partial charge in [0.05, 0.1) is 10.5 Å². The second kappa shape index (κ2) is 8.56. The highest BCUT2D eigenvalue weighted by Crippen LogP contribution is 2.69. The molecule has 1 unspecified atom stereocenters. The van der Waals surface area contributed by atoms with E-state index in [9.17, 15) is 19.7 Å². The van der Waals surface area contributed by atoms with Gasteiger partial charge < -0.3 is 4.74 Å². The van der Waals surface area contributed by atoms with E-state index in [0.29, 0.717) is 24.2 Å². The molecule has 0 amide bonds. The summed E-state index contributed by atoms with van der Waals surface area (Å²) in [6.45, 7) is 6.87. The number of benzene rings is 1. The Morgan fingerprint density at radius 2 is 1.89 bits per heavy atom. The number of fused-ring (bicyclic) bond motifs is 5. The first-order valence-corrected chi connectivity index (χ1v) is 13.4. The lowest BCUT2D eigenvalue weighted by atomic mass is 9.46. The van der Waals surface area contributed by atoms with Gasteiger partial charge in [-0.3, -0.25) is 14.9 Å². The number of ether oxygens (including phenoxy) is 1. The van der Waals surface area contributed by atoms with Crippen molar-refractivity contribution in [2.75, 3.05) is 0 Å². The number of ketones is 1. The molecule has 35 heavy (non-hydrogen) atoms. The summed E-state index contributed by atoms with van der Waals surface area (Å²) in [5.74, 6) is 1.49. The molecule has 3 saturated carbocycles. The predicted octanol–water partition coefficient (Wildman–Crippen LogP) is 6.82. The summed E-state index contributed by atoms with van der Waals surface area (Å²) in [5.41, 5.74) is 0.996. The Hall–Kier alpha value is -2.50. The molecule has 0 saturated heterocycles. The molecule has 0 radical (unpaired) electrons. The molecular formula is C29H37NO5. The minimum Gasteiger partial charge on any atom is -0.455 e. The number of carbonyl (C=O) groups is 2. The number of carbonyl (C=O) groups excluding carboxylic acids is 2. The lowest BCUT2D eigenvalue weighted by Gasteiger charge is -2.59. The number of nitro groups is 1. The number of esters is 1. The number of rotatable bonds is 5. The molecular weight excluding hydrogens is 442 g/mol. The summed E-state index contributed by atoms with van der Waals surface area (Å²) < 4.78 is 6.44. The molecule has 1 aromatic carbocycles. The van der Waals surface area contributed by atoms with Crippen molar-refractivity contribution < 1.29 is 19.2 Å². The van der Waals surface area contributed by atoms with Crippen LogP contribution in [0.1, 0.15) is 95.3 Å². The fraction of sp³-hybridized carbons (Fsp3) is 0.655. The van der Waals surface area contributed by atoms with Crippen LogP contribution in [-0.2, 0) is 9.53 Å². The highest BCUT2D eigenvalue weighted by Gasteiger charge is 2.65. The SMILES string of the molecule is CCCC1(OC(=O)c2cccc([N+](=O)[O-])c2)CC[C@H]2[C@@H]3CCC4=CC(=O)CC[C@]4(C)[C@@H]3CC[C@@]21C. The van der Waals surface area contributed by atoms with Crippen molar-refractivity contribution in [3.8, 4) is 0 Å². The van der Waals surface area contributed by atoms with Gasteiger partial charge in [-0.15, -0.1) is 0 Å². The monoisotopic (exact) mass is 479 g/mol. The van der Waals surface area contributed by atoms with Gasteiger partial charge in [0.1, 0.15) is 5.60 Å². The second-order valence-electron chi connectivity index (χ2n) is 11.9. The maximum absolute atomic E-state index is 13.3. The van der Waals surface area contributed by atoms with Crippen molar-refractivity contribution in [3.05, 3.63) is 51.6 Å². The van der Waals surface area contributed by atoms with Gasteiger partial charge in [0, 0.05) is 24.0 Å². The molecule has 3 fully saturated rings. The molecule has 5 rings (SSSR count). The molecule has 188 valence electrons. The zero-order valence-electron chi connectivity index (χ0n) is 21.2. The second-order valence-corrected chi connectivity index (χ2v) is 11.9. The Bertz CT molecular complexity index is 1090. The van der Waals surface area contributed by atoms with E-state index in [2.05, 4.69) is 20.8 Å². The molecule has 6 atom stereocenters. The van der Waals surface area contributed by atoms with Crippen LogP contribution in [0.3, 0.4) is 0 Å². The van der Waals surface area contributed by atoms with Crippen molar-refractivity contribution in [1.82, 2.24) is 0 Å². The summed E-state index contributed by atoms with van der Waals surface area (Å²) in [6.07, 6.45) is 11.4. The number of allylic oxidation sites excluding steroid dienone is 1. The summed E-state index contributed by atoms with van der Waals surface area (Å²) in [4.78, 5) is 36.2. The largest absolute Gasteiger partial charge is 0.455 e. The Morgan fingerprint density at radius 1 is 1.11 bits per heavy atom. The van der Waals surface area contributed by atoms with Crippen LogP contribution >= 0.6 is 0 Å². The lowest BCUT2D eigenvalue weighted by molar-refractivity contribution is -0.384. The van der Waals surface area contributed by atoms with Gasteiger partial charge in [0.15, 0.2) is 5.78 Å². The van der Waals surface area contributed by atoms with Crippen molar-refractivity contribution >= 4 is 17.4 Å². The molecule has 0 aliphatic heterocycles. The molecule has 0 N–H and O–H groups in total. The summed E-state index contributed by atoms with van der Waals surface area (Å²) in [5, 5.41) is 11.2. The zero-order chi connectivity index (χ0) is 25.0. The van der Waals surface area contributed by atoms with Crippen LogP contribution in [-0.4, -0.2) is 22.3 Å². The molecule has 4 aliphatic rings. The first-order chi connectivity index (χ1) is 16.6. The van der Waals surface area contributed by atoms with E-state index >= 15 is 0 Å². The average Bonchev–Trinajstić information content (AvgIpc) is 3.11. The standard InChI is InChI=1S/C29H37NO5/c1-4-13-29(35-26(32)19-6-5-7-21(17-19)30(33)34)16-12-25-23-9-8-20-18-22(31)10-14-27(20,2)24(23)11-15-28(25,29)3/h5-7,17-18,23-25H,4,8-16H2,1-3H3/t23-,24-,25+,27+,28+,29?/m1/s1. The minimum absolute atomic E-state index is 0.0923. The van der Waals surface area contributed by atoms with E-state index in [4.69, 9.17) is 4.74 Å². The highest BCUT2D eigenvalue weighted by molar-refractivity contribution is 5.92. The van der Waals surface area contributed by atoms with Gasteiger partial charge >= 0.3 is 5.97 Å². The molecule has 1 aromatic rings. The fourth-order valence-electron chi connectivity index (χ4n) is 8.67. The maximum atomic E-state index is 13.3. The Balaban J connectivity index is 1.44. The molecule has 6 heteroatoms. The van der Waals surface area contributed by atoms with Crippen molar-refractivity contribution in [1.29, 1.82) is 0 Å². The van der Waals surface area contributed by atoms with E-state index in [0.717, 1.165) is 57.8 Å².